The molecule has 2 rings (SSSR count). The summed E-state index contributed by atoms with van der Waals surface area (Å²) in [5, 5.41) is 0. The van der Waals surface area contributed by atoms with Crippen LogP contribution in [-0.4, -0.2) is 44.7 Å². The highest BCUT2D eigenvalue weighted by Crippen LogP contribution is 2.27. The predicted molar refractivity (Wildman–Crippen MR) is 77.6 cm³/mol. The van der Waals surface area contributed by atoms with E-state index in [9.17, 15) is 4.79 Å². The average Bonchev–Trinajstić information content (AvgIpc) is 2.47. The number of nitrogens with zero attached hydrogens (tertiary/aromatic N) is 1. The Morgan fingerprint density at radius 1 is 1.45 bits per heavy atom. The summed E-state index contributed by atoms with van der Waals surface area (Å²) in [6.07, 6.45) is 2.43. The summed E-state index contributed by atoms with van der Waals surface area (Å²) in [6, 6.07) is 8.49. The maximum Gasteiger partial charge on any atom is 0.305 e. The Morgan fingerprint density at radius 3 is 3.05 bits per heavy atom. The number of likely N-dealkylation sites (N-methyl/N-ethyl adjacent to an activating group) is 1. The van der Waals surface area contributed by atoms with Gasteiger partial charge in [0.15, 0.2) is 0 Å². The average molecular weight is 277 g/mol. The highest BCUT2D eigenvalue weighted by Gasteiger charge is 2.21. The van der Waals surface area contributed by atoms with Gasteiger partial charge in [-0.1, -0.05) is 24.3 Å². The molecule has 0 fully saturated rings. The van der Waals surface area contributed by atoms with Crippen LogP contribution < -0.4 is 0 Å². The van der Waals surface area contributed by atoms with Gasteiger partial charge in [-0.2, -0.15) is 0 Å². The maximum absolute atomic E-state index is 11.1. The molecule has 1 aliphatic rings. The third kappa shape index (κ3) is 4.05. The van der Waals surface area contributed by atoms with Crippen molar-refractivity contribution < 1.29 is 14.3 Å². The number of carbonyl (C=O) groups excluding carboxylic acids is 1. The van der Waals surface area contributed by atoms with Gasteiger partial charge in [0.1, 0.15) is 0 Å². The molecule has 0 spiro atoms. The minimum absolute atomic E-state index is 0.141. The number of esters is 1. The van der Waals surface area contributed by atoms with Crippen molar-refractivity contribution in [1.29, 1.82) is 0 Å². The molecular weight excluding hydrogens is 254 g/mol. The van der Waals surface area contributed by atoms with Crippen LogP contribution in [0.5, 0.6) is 0 Å². The quantitative estimate of drug-likeness (QED) is 0.747. The summed E-state index contributed by atoms with van der Waals surface area (Å²) in [4.78, 5) is 13.3. The van der Waals surface area contributed by atoms with Crippen LogP contribution in [0.25, 0.3) is 0 Å². The number of hydrogen-bond donors (Lipinski definition) is 0. The molecule has 0 radical (unpaired) electrons. The molecular formula is C16H23NO3. The van der Waals surface area contributed by atoms with Gasteiger partial charge in [-0.25, -0.2) is 0 Å². The zero-order valence-corrected chi connectivity index (χ0v) is 12.3. The van der Waals surface area contributed by atoms with Crippen LogP contribution in [-0.2, 0) is 20.7 Å². The third-order valence-electron chi connectivity index (χ3n) is 3.72. The van der Waals surface area contributed by atoms with Gasteiger partial charge in [-0.3, -0.25) is 4.79 Å². The normalized spacial score (nSPS) is 17.9. The molecule has 1 aromatic rings. The fraction of sp³-hybridized carbons (Fsp3) is 0.562. The smallest absolute Gasteiger partial charge is 0.305 e. The molecule has 0 bridgehead atoms. The second-order valence-electron chi connectivity index (χ2n) is 5.25. The van der Waals surface area contributed by atoms with Gasteiger partial charge in [-0.15, -0.1) is 0 Å². The molecule has 0 saturated carbocycles. The molecule has 20 heavy (non-hydrogen) atoms. The molecule has 4 nitrogen and oxygen atoms in total. The monoisotopic (exact) mass is 277 g/mol. The van der Waals surface area contributed by atoms with Gasteiger partial charge in [0.25, 0.3) is 0 Å². The molecule has 0 N–H and O–H groups in total. The number of carbonyl (C=O) groups is 1. The summed E-state index contributed by atoms with van der Waals surface area (Å²) in [6.45, 7) is 2.52. The second-order valence-corrected chi connectivity index (χ2v) is 5.25. The lowest BCUT2D eigenvalue weighted by Crippen LogP contribution is -2.30. The van der Waals surface area contributed by atoms with Gasteiger partial charge in [0.05, 0.1) is 19.8 Å². The van der Waals surface area contributed by atoms with Crippen LogP contribution in [0.3, 0.4) is 0 Å². The van der Waals surface area contributed by atoms with Crippen molar-refractivity contribution in [2.24, 2.45) is 0 Å². The molecule has 0 aromatic heterocycles. The summed E-state index contributed by atoms with van der Waals surface area (Å²) in [7, 11) is 3.50. The van der Waals surface area contributed by atoms with Gasteiger partial charge in [-0.05, 0) is 37.6 Å². The molecule has 1 atom stereocenters. The highest BCUT2D eigenvalue weighted by molar-refractivity contribution is 5.69. The topological polar surface area (TPSA) is 38.8 Å². The number of hydrogen-bond acceptors (Lipinski definition) is 4. The molecule has 110 valence electrons. The Hall–Kier alpha value is -1.39. The Morgan fingerprint density at radius 2 is 2.25 bits per heavy atom. The fourth-order valence-corrected chi connectivity index (χ4v) is 2.60. The lowest BCUT2D eigenvalue weighted by molar-refractivity contribution is -0.140. The summed E-state index contributed by atoms with van der Waals surface area (Å²) in [5.41, 5.74) is 2.70. The second kappa shape index (κ2) is 7.41. The zero-order valence-electron chi connectivity index (χ0n) is 12.3. The summed E-state index contributed by atoms with van der Waals surface area (Å²) >= 11 is 0. The molecule has 1 heterocycles. The van der Waals surface area contributed by atoms with E-state index in [2.05, 4.69) is 40.9 Å². The van der Waals surface area contributed by atoms with Crippen LogP contribution in [0, 0.1) is 0 Å². The van der Waals surface area contributed by atoms with Crippen LogP contribution in [0.4, 0.5) is 0 Å². The van der Waals surface area contributed by atoms with E-state index in [0.717, 1.165) is 32.5 Å². The van der Waals surface area contributed by atoms with Gasteiger partial charge >= 0.3 is 5.97 Å². The number of ether oxygens (including phenoxy) is 2. The Labute approximate surface area is 120 Å². The van der Waals surface area contributed by atoms with Crippen molar-refractivity contribution in [3.05, 3.63) is 35.4 Å². The predicted octanol–water partition coefficient (Wildman–Crippen LogP) is 2.19. The molecule has 0 amide bonds. The van der Waals surface area contributed by atoms with Crippen molar-refractivity contribution in [2.75, 3.05) is 33.9 Å². The van der Waals surface area contributed by atoms with Crippen molar-refractivity contribution in [3.63, 3.8) is 0 Å². The van der Waals surface area contributed by atoms with E-state index in [1.54, 1.807) is 0 Å². The molecule has 0 aliphatic carbocycles. The van der Waals surface area contributed by atoms with E-state index in [1.165, 1.54) is 18.2 Å². The highest BCUT2D eigenvalue weighted by atomic mass is 16.5. The number of benzene rings is 1. The first kappa shape index (κ1) is 15.0. The number of rotatable bonds is 6. The Bertz CT molecular complexity index is 447. The van der Waals surface area contributed by atoms with Crippen molar-refractivity contribution >= 4 is 5.97 Å². The van der Waals surface area contributed by atoms with Gasteiger partial charge < -0.3 is 14.4 Å². The lowest BCUT2D eigenvalue weighted by atomic mass is 9.97. The molecule has 0 unspecified atom stereocenters. The minimum atomic E-state index is -0.141. The summed E-state index contributed by atoms with van der Waals surface area (Å²) in [5.74, 6) is -0.141. The van der Waals surface area contributed by atoms with Gasteiger partial charge in [0, 0.05) is 13.0 Å². The van der Waals surface area contributed by atoms with Crippen molar-refractivity contribution in [1.82, 2.24) is 4.90 Å². The van der Waals surface area contributed by atoms with Crippen LogP contribution in [0.15, 0.2) is 24.3 Å². The molecule has 0 saturated heterocycles. The maximum atomic E-state index is 11.1. The fourth-order valence-electron chi connectivity index (χ4n) is 2.60. The summed E-state index contributed by atoms with van der Waals surface area (Å²) < 4.78 is 10.5. The zero-order chi connectivity index (χ0) is 14.4. The minimum Gasteiger partial charge on any atom is -0.469 e. The van der Waals surface area contributed by atoms with E-state index >= 15 is 0 Å². The van der Waals surface area contributed by atoms with Gasteiger partial charge in [0.2, 0.25) is 0 Å². The van der Waals surface area contributed by atoms with Crippen molar-refractivity contribution in [3.8, 4) is 0 Å². The number of methoxy groups -OCH3 is 1. The largest absolute Gasteiger partial charge is 0.469 e. The SMILES string of the molecule is COC(=O)CCCN(C)C[C@@H]1OCCc2ccccc21. The molecule has 1 aliphatic heterocycles. The Kier molecular flexibility index (Phi) is 5.56. The van der Waals surface area contributed by atoms with Crippen LogP contribution >= 0.6 is 0 Å². The van der Waals surface area contributed by atoms with E-state index in [1.807, 2.05) is 0 Å². The lowest BCUT2D eigenvalue weighted by Gasteiger charge is -2.29. The van der Waals surface area contributed by atoms with E-state index in [4.69, 9.17) is 4.74 Å². The van der Waals surface area contributed by atoms with E-state index in [-0.39, 0.29) is 12.1 Å². The van der Waals surface area contributed by atoms with E-state index in [0.29, 0.717) is 6.42 Å². The third-order valence-corrected chi connectivity index (χ3v) is 3.72. The molecule has 1 aromatic carbocycles. The van der Waals surface area contributed by atoms with E-state index < -0.39 is 0 Å². The van der Waals surface area contributed by atoms with Crippen LogP contribution in [0.1, 0.15) is 30.1 Å². The first-order valence-electron chi connectivity index (χ1n) is 7.15. The standard InChI is InChI=1S/C16H23NO3/c1-17(10-5-8-16(18)19-2)12-15-14-7-4-3-6-13(14)9-11-20-15/h3-4,6-7,15H,5,8-12H2,1-2H3/t15-/m0/s1. The number of fused-ring (bicyclic) bond motifs is 1. The van der Waals surface area contributed by atoms with Crippen LogP contribution in [0.2, 0.25) is 0 Å². The first-order valence-corrected chi connectivity index (χ1v) is 7.15. The first-order chi connectivity index (χ1) is 9.70. The molecule has 4 heteroatoms. The van der Waals surface area contributed by atoms with Crippen molar-refractivity contribution in [2.45, 2.75) is 25.4 Å². The Balaban J connectivity index is 1.83.